The van der Waals surface area contributed by atoms with E-state index >= 15 is 0 Å². The van der Waals surface area contributed by atoms with Crippen LogP contribution in [0.4, 0.5) is 0 Å². The van der Waals surface area contributed by atoms with Gasteiger partial charge in [0.25, 0.3) is 0 Å². The molecule has 0 radical (unpaired) electrons. The number of hydrogen-bond donors (Lipinski definition) is 2. The maximum Gasteiger partial charge on any atom is 0.248 e. The van der Waals surface area contributed by atoms with Gasteiger partial charge in [0, 0.05) is 48.9 Å². The third-order valence-electron chi connectivity index (χ3n) is 5.81. The monoisotopic (exact) mass is 389 g/mol. The summed E-state index contributed by atoms with van der Waals surface area (Å²) in [7, 11) is 0. The number of aromatic nitrogens is 1. The van der Waals surface area contributed by atoms with Crippen molar-refractivity contribution in [2.45, 2.75) is 25.4 Å². The summed E-state index contributed by atoms with van der Waals surface area (Å²) in [6, 6.07) is 13.1. The van der Waals surface area contributed by atoms with Crippen LogP contribution in [0.15, 0.2) is 54.9 Å². The van der Waals surface area contributed by atoms with Gasteiger partial charge in [-0.25, -0.2) is 0 Å². The van der Waals surface area contributed by atoms with E-state index in [4.69, 9.17) is 5.73 Å². The largest absolute Gasteiger partial charge is 0.385 e. The van der Waals surface area contributed by atoms with Crippen LogP contribution in [0.3, 0.4) is 0 Å². The molecule has 1 aliphatic rings. The number of nitrogens with two attached hydrogens (primary N) is 1. The highest BCUT2D eigenvalue weighted by atomic mass is 16.3. The normalized spacial score (nSPS) is 16.0. The molecule has 0 atom stereocenters. The second-order valence-electron chi connectivity index (χ2n) is 7.60. The molecule has 148 valence electrons. The van der Waals surface area contributed by atoms with Crippen molar-refractivity contribution in [3.8, 4) is 11.1 Å². The molecule has 0 bridgehead atoms. The molecule has 1 fully saturated rings. The van der Waals surface area contributed by atoms with E-state index in [1.165, 1.54) is 0 Å². The number of carbonyl (C=O) groups excluding carboxylic acids is 2. The lowest BCUT2D eigenvalue weighted by Crippen LogP contribution is -2.44. The SMILES string of the molecule is CC(=O)N1CCC(O)(c2ccc(-c3cncc4ccc(C(N)=O)cc34)cc2)CC1. The van der Waals surface area contributed by atoms with E-state index in [-0.39, 0.29) is 5.91 Å². The van der Waals surface area contributed by atoms with E-state index in [9.17, 15) is 14.7 Å². The number of nitrogens with zero attached hydrogens (tertiary/aromatic N) is 2. The zero-order valence-corrected chi connectivity index (χ0v) is 16.3. The van der Waals surface area contributed by atoms with E-state index in [2.05, 4.69) is 4.98 Å². The topological polar surface area (TPSA) is 96.5 Å². The van der Waals surface area contributed by atoms with E-state index in [0.29, 0.717) is 31.5 Å². The summed E-state index contributed by atoms with van der Waals surface area (Å²) < 4.78 is 0. The molecule has 0 unspecified atom stereocenters. The van der Waals surface area contributed by atoms with E-state index < -0.39 is 11.5 Å². The first-order chi connectivity index (χ1) is 13.9. The number of rotatable bonds is 3. The minimum Gasteiger partial charge on any atom is -0.385 e. The summed E-state index contributed by atoms with van der Waals surface area (Å²) in [6.07, 6.45) is 4.55. The standard InChI is InChI=1S/C23H23N3O3/c1-15(27)26-10-8-23(29,9-11-26)19-6-4-16(5-7-19)21-14-25-13-18-3-2-17(22(24)28)12-20(18)21/h2-7,12-14,29H,8-11H2,1H3,(H2,24,28). The van der Waals surface area contributed by atoms with Crippen molar-refractivity contribution in [3.63, 3.8) is 0 Å². The lowest BCUT2D eigenvalue weighted by atomic mass is 9.83. The molecule has 6 nitrogen and oxygen atoms in total. The minimum absolute atomic E-state index is 0.0428. The van der Waals surface area contributed by atoms with Crippen LogP contribution in [0.25, 0.3) is 21.9 Å². The molecule has 1 aromatic heterocycles. The molecule has 3 N–H and O–H groups in total. The molecule has 0 saturated carbocycles. The lowest BCUT2D eigenvalue weighted by Gasteiger charge is -2.38. The van der Waals surface area contributed by atoms with Gasteiger partial charge in [0.2, 0.25) is 11.8 Å². The van der Waals surface area contributed by atoms with Gasteiger partial charge in [0.1, 0.15) is 0 Å². The molecule has 4 rings (SSSR count). The van der Waals surface area contributed by atoms with Gasteiger partial charge in [-0.1, -0.05) is 30.3 Å². The molecule has 2 aromatic carbocycles. The zero-order valence-electron chi connectivity index (χ0n) is 16.3. The molecule has 3 aromatic rings. The Hall–Kier alpha value is -3.25. The number of likely N-dealkylation sites (tertiary alicyclic amines) is 1. The molecular formula is C23H23N3O3. The van der Waals surface area contributed by atoms with Crippen LogP contribution in [0.5, 0.6) is 0 Å². The predicted molar refractivity (Wildman–Crippen MR) is 111 cm³/mol. The highest BCUT2D eigenvalue weighted by molar-refractivity contribution is 6.02. The summed E-state index contributed by atoms with van der Waals surface area (Å²) in [5, 5.41) is 12.9. The number of amides is 2. The first-order valence-corrected chi connectivity index (χ1v) is 9.64. The second-order valence-corrected chi connectivity index (χ2v) is 7.60. The van der Waals surface area contributed by atoms with Crippen LogP contribution in [-0.4, -0.2) is 39.9 Å². The molecule has 6 heteroatoms. The molecule has 0 aliphatic carbocycles. The highest BCUT2D eigenvalue weighted by Gasteiger charge is 2.34. The molecule has 0 spiro atoms. The average molecular weight is 389 g/mol. The second kappa shape index (κ2) is 7.29. The fraction of sp³-hybridized carbons (Fsp3) is 0.261. The van der Waals surface area contributed by atoms with Crippen LogP contribution in [0, 0.1) is 0 Å². The van der Waals surface area contributed by atoms with Crippen molar-refractivity contribution < 1.29 is 14.7 Å². The van der Waals surface area contributed by atoms with Gasteiger partial charge >= 0.3 is 0 Å². The van der Waals surface area contributed by atoms with E-state index in [1.54, 1.807) is 36.4 Å². The first kappa shape index (κ1) is 19.1. The van der Waals surface area contributed by atoms with Gasteiger partial charge in [-0.2, -0.15) is 0 Å². The molecule has 1 saturated heterocycles. The fourth-order valence-electron chi connectivity index (χ4n) is 3.99. The van der Waals surface area contributed by atoms with Crippen molar-refractivity contribution >= 4 is 22.6 Å². The van der Waals surface area contributed by atoms with Gasteiger partial charge < -0.3 is 15.7 Å². The summed E-state index contributed by atoms with van der Waals surface area (Å²) in [6.45, 7) is 2.66. The van der Waals surface area contributed by atoms with Gasteiger partial charge in [-0.3, -0.25) is 14.6 Å². The molecule has 29 heavy (non-hydrogen) atoms. The number of carbonyl (C=O) groups is 2. The smallest absolute Gasteiger partial charge is 0.248 e. The van der Waals surface area contributed by atoms with Gasteiger partial charge in [0.05, 0.1) is 5.60 Å². The molecule has 1 aliphatic heterocycles. The van der Waals surface area contributed by atoms with Crippen molar-refractivity contribution in [3.05, 3.63) is 66.0 Å². The maximum atomic E-state index is 11.6. The van der Waals surface area contributed by atoms with Gasteiger partial charge in [-0.05, 0) is 41.5 Å². The van der Waals surface area contributed by atoms with Crippen LogP contribution in [-0.2, 0) is 10.4 Å². The first-order valence-electron chi connectivity index (χ1n) is 9.64. The number of pyridine rings is 1. The Labute approximate surface area is 169 Å². The van der Waals surface area contributed by atoms with Crippen molar-refractivity contribution in [1.29, 1.82) is 0 Å². The Morgan fingerprint density at radius 3 is 2.38 bits per heavy atom. The number of primary amides is 1. The summed E-state index contributed by atoms with van der Waals surface area (Å²) in [5.41, 5.74) is 7.64. The van der Waals surface area contributed by atoms with Crippen LogP contribution in [0.2, 0.25) is 0 Å². The lowest BCUT2D eigenvalue weighted by molar-refractivity contribution is -0.133. The van der Waals surface area contributed by atoms with E-state index in [1.807, 2.05) is 30.3 Å². The van der Waals surface area contributed by atoms with Gasteiger partial charge in [0.15, 0.2) is 0 Å². The molecule has 2 amide bonds. The van der Waals surface area contributed by atoms with Gasteiger partial charge in [-0.15, -0.1) is 0 Å². The van der Waals surface area contributed by atoms with Crippen LogP contribution < -0.4 is 5.73 Å². The Kier molecular flexibility index (Phi) is 4.80. The number of piperidine rings is 1. The minimum atomic E-state index is -0.930. The Morgan fingerprint density at radius 1 is 1.07 bits per heavy atom. The molecule has 2 heterocycles. The number of fused-ring (bicyclic) bond motifs is 1. The Bertz CT molecular complexity index is 1080. The average Bonchev–Trinajstić information content (AvgIpc) is 2.73. The number of aliphatic hydroxyl groups is 1. The van der Waals surface area contributed by atoms with Crippen LogP contribution >= 0.6 is 0 Å². The molecular weight excluding hydrogens is 366 g/mol. The third-order valence-corrected chi connectivity index (χ3v) is 5.81. The van der Waals surface area contributed by atoms with E-state index in [0.717, 1.165) is 27.5 Å². The quantitative estimate of drug-likeness (QED) is 0.720. The summed E-state index contributed by atoms with van der Waals surface area (Å²) in [4.78, 5) is 29.2. The third kappa shape index (κ3) is 3.59. The maximum absolute atomic E-state index is 11.6. The number of hydrogen-bond acceptors (Lipinski definition) is 4. The summed E-state index contributed by atoms with van der Waals surface area (Å²) in [5.74, 6) is -0.426. The number of benzene rings is 2. The fourth-order valence-corrected chi connectivity index (χ4v) is 3.99. The Morgan fingerprint density at radius 2 is 1.76 bits per heavy atom. The van der Waals surface area contributed by atoms with Crippen molar-refractivity contribution in [2.75, 3.05) is 13.1 Å². The van der Waals surface area contributed by atoms with Crippen molar-refractivity contribution in [2.24, 2.45) is 5.73 Å². The predicted octanol–water partition coefficient (Wildman–Crippen LogP) is 2.83. The summed E-state index contributed by atoms with van der Waals surface area (Å²) >= 11 is 0. The Balaban J connectivity index is 1.66. The van der Waals surface area contributed by atoms with Crippen LogP contribution in [0.1, 0.15) is 35.7 Å². The highest BCUT2D eigenvalue weighted by Crippen LogP contribution is 2.35. The van der Waals surface area contributed by atoms with Crippen molar-refractivity contribution in [1.82, 2.24) is 9.88 Å². The zero-order chi connectivity index (χ0) is 20.6.